The number of rotatable bonds is 6. The molecule has 37 heavy (non-hydrogen) atoms. The highest BCUT2D eigenvalue weighted by molar-refractivity contribution is 5.80. The molecule has 0 unspecified atom stereocenters. The first-order valence-electron chi connectivity index (χ1n) is 11.6. The summed E-state index contributed by atoms with van der Waals surface area (Å²) in [4.78, 5) is 16.8. The molecule has 1 aromatic carbocycles. The highest BCUT2D eigenvalue weighted by Crippen LogP contribution is 2.29. The first-order chi connectivity index (χ1) is 18.0. The van der Waals surface area contributed by atoms with Crippen LogP contribution in [0, 0.1) is 5.82 Å². The Morgan fingerprint density at radius 1 is 1.08 bits per heavy atom. The van der Waals surface area contributed by atoms with Gasteiger partial charge in [-0.05, 0) is 44.1 Å². The maximum absolute atomic E-state index is 15.2. The minimum atomic E-state index is -2.87. The second-order valence-electron chi connectivity index (χ2n) is 8.73. The van der Waals surface area contributed by atoms with E-state index < -0.39 is 23.9 Å². The lowest BCUT2D eigenvalue weighted by Crippen LogP contribution is -2.29. The van der Waals surface area contributed by atoms with Gasteiger partial charge < -0.3 is 14.2 Å². The number of nitrogens with zero attached hydrogens (tertiary/aromatic N) is 6. The summed E-state index contributed by atoms with van der Waals surface area (Å²) >= 11 is 0. The van der Waals surface area contributed by atoms with Gasteiger partial charge in [-0.2, -0.15) is 13.9 Å². The summed E-state index contributed by atoms with van der Waals surface area (Å²) in [7, 11) is 0. The zero-order valence-corrected chi connectivity index (χ0v) is 19.3. The Balaban J connectivity index is 1.26. The quantitative estimate of drug-likeness (QED) is 0.364. The van der Waals surface area contributed by atoms with Crippen LogP contribution in [0.25, 0.3) is 33.7 Å². The van der Waals surface area contributed by atoms with E-state index in [0.717, 1.165) is 25.9 Å². The van der Waals surface area contributed by atoms with E-state index >= 15 is 4.39 Å². The van der Waals surface area contributed by atoms with E-state index in [-0.39, 0.29) is 29.6 Å². The Hall–Kier alpha value is -4.26. The van der Waals surface area contributed by atoms with Crippen molar-refractivity contribution in [1.29, 1.82) is 0 Å². The van der Waals surface area contributed by atoms with Crippen molar-refractivity contribution in [3.8, 4) is 22.6 Å². The molecule has 0 saturated carbocycles. The molecule has 1 aliphatic rings. The van der Waals surface area contributed by atoms with Gasteiger partial charge in [0.2, 0.25) is 5.89 Å². The zero-order valence-electron chi connectivity index (χ0n) is 19.3. The van der Waals surface area contributed by atoms with Gasteiger partial charge in [0.05, 0.1) is 35.6 Å². The summed E-state index contributed by atoms with van der Waals surface area (Å²) in [6, 6.07) is 6.14. The van der Waals surface area contributed by atoms with Gasteiger partial charge in [0.25, 0.3) is 5.89 Å². The highest BCUT2D eigenvalue weighted by Gasteiger charge is 2.20. The van der Waals surface area contributed by atoms with Gasteiger partial charge in [-0.3, -0.25) is 14.2 Å². The van der Waals surface area contributed by atoms with Crippen molar-refractivity contribution in [1.82, 2.24) is 34.8 Å². The van der Waals surface area contributed by atoms with Crippen LogP contribution in [-0.4, -0.2) is 42.6 Å². The Morgan fingerprint density at radius 2 is 1.92 bits per heavy atom. The van der Waals surface area contributed by atoms with E-state index in [1.807, 2.05) is 10.9 Å². The fraction of sp³-hybridized carbons (Fsp3) is 0.292. The maximum atomic E-state index is 15.2. The summed E-state index contributed by atoms with van der Waals surface area (Å²) in [5.41, 5.74) is 2.20. The number of alkyl halides is 2. The number of piperidine rings is 1. The fourth-order valence-corrected chi connectivity index (χ4v) is 4.45. The Labute approximate surface area is 206 Å². The lowest BCUT2D eigenvalue weighted by molar-refractivity contribution is 0.116. The van der Waals surface area contributed by atoms with Crippen LogP contribution in [0.3, 0.4) is 0 Å². The van der Waals surface area contributed by atoms with Gasteiger partial charge >= 0.3 is 12.2 Å². The molecule has 1 fully saturated rings. The Morgan fingerprint density at radius 3 is 2.65 bits per heavy atom. The molecule has 1 aliphatic heterocycles. The number of aromatic nitrogens is 6. The molecular weight excluding hydrogens is 491 g/mol. The van der Waals surface area contributed by atoms with Gasteiger partial charge in [0, 0.05) is 29.6 Å². The SMILES string of the molecule is O=c1oc2cc(-c3cnn(C4CCNCC4)c3)c(F)cc2n1Cc1ccc(-c2nnc(C(F)F)o2)cn1. The van der Waals surface area contributed by atoms with Crippen LogP contribution in [0.2, 0.25) is 0 Å². The number of hydrogen-bond donors (Lipinski definition) is 1. The zero-order chi connectivity index (χ0) is 25.5. The molecule has 13 heteroatoms. The number of pyridine rings is 1. The van der Waals surface area contributed by atoms with Crippen molar-refractivity contribution in [3.63, 3.8) is 0 Å². The molecule has 190 valence electrons. The molecule has 0 aliphatic carbocycles. The van der Waals surface area contributed by atoms with Gasteiger partial charge in [-0.15, -0.1) is 10.2 Å². The van der Waals surface area contributed by atoms with Crippen molar-refractivity contribution in [2.45, 2.75) is 31.9 Å². The summed E-state index contributed by atoms with van der Waals surface area (Å²) in [6.45, 7) is 1.82. The average molecular weight is 511 g/mol. The van der Waals surface area contributed by atoms with E-state index in [2.05, 4.69) is 25.6 Å². The second-order valence-corrected chi connectivity index (χ2v) is 8.73. The van der Waals surface area contributed by atoms with Crippen LogP contribution in [0.4, 0.5) is 13.2 Å². The molecule has 4 aromatic heterocycles. The molecule has 0 amide bonds. The molecule has 0 radical (unpaired) electrons. The van der Waals surface area contributed by atoms with Crippen molar-refractivity contribution < 1.29 is 22.0 Å². The van der Waals surface area contributed by atoms with Gasteiger partial charge in [-0.1, -0.05) is 0 Å². The first kappa shape index (κ1) is 23.2. The van der Waals surface area contributed by atoms with E-state index in [1.54, 1.807) is 18.3 Å². The standard InChI is InChI=1S/C24H20F3N7O3/c25-18-8-19-20(7-17(18)14-10-30-34(11-14)16-3-5-28-6-4-16)36-24(35)33(19)12-15-2-1-13(9-29-15)22-31-32-23(37-22)21(26)27/h1-2,7-11,16,21,28H,3-6,12H2. The van der Waals surface area contributed by atoms with Crippen LogP contribution in [0.15, 0.2) is 56.5 Å². The van der Waals surface area contributed by atoms with E-state index in [1.165, 1.54) is 22.9 Å². The van der Waals surface area contributed by atoms with Gasteiger partial charge in [0.15, 0.2) is 5.58 Å². The van der Waals surface area contributed by atoms with Crippen LogP contribution in [-0.2, 0) is 6.54 Å². The molecule has 5 heterocycles. The van der Waals surface area contributed by atoms with Crippen LogP contribution < -0.4 is 11.1 Å². The predicted octanol–water partition coefficient (Wildman–Crippen LogP) is 3.95. The minimum absolute atomic E-state index is 0.00463. The largest absolute Gasteiger partial charge is 0.420 e. The Bertz CT molecular complexity index is 1610. The summed E-state index contributed by atoms with van der Waals surface area (Å²) in [5.74, 6) is -2.06. The molecule has 1 saturated heterocycles. The minimum Gasteiger partial charge on any atom is -0.415 e. The number of hydrogen-bond acceptors (Lipinski definition) is 8. The third-order valence-corrected chi connectivity index (χ3v) is 6.37. The molecule has 5 aromatic rings. The highest BCUT2D eigenvalue weighted by atomic mass is 19.3. The van der Waals surface area contributed by atoms with Crippen LogP contribution in [0.1, 0.15) is 36.9 Å². The van der Waals surface area contributed by atoms with E-state index in [9.17, 15) is 13.6 Å². The average Bonchev–Trinajstić information content (AvgIpc) is 3.65. The second kappa shape index (κ2) is 9.32. The number of halogens is 3. The van der Waals surface area contributed by atoms with Crippen molar-refractivity contribution >= 4 is 11.1 Å². The van der Waals surface area contributed by atoms with E-state index in [4.69, 9.17) is 8.83 Å². The smallest absolute Gasteiger partial charge is 0.415 e. The molecular formula is C24H20F3N7O3. The van der Waals surface area contributed by atoms with Crippen molar-refractivity contribution in [3.05, 3.63) is 70.8 Å². The van der Waals surface area contributed by atoms with E-state index in [0.29, 0.717) is 22.4 Å². The molecule has 0 atom stereocenters. The summed E-state index contributed by atoms with van der Waals surface area (Å²) < 4.78 is 54.0. The number of oxazole rings is 1. The van der Waals surface area contributed by atoms with Gasteiger partial charge in [-0.25, -0.2) is 9.18 Å². The third kappa shape index (κ3) is 4.42. The molecule has 1 N–H and O–H groups in total. The number of fused-ring (bicyclic) bond motifs is 1. The summed E-state index contributed by atoms with van der Waals surface area (Å²) in [5, 5.41) is 14.6. The van der Waals surface area contributed by atoms with Crippen molar-refractivity contribution in [2.75, 3.05) is 13.1 Å². The predicted molar refractivity (Wildman–Crippen MR) is 124 cm³/mol. The van der Waals surface area contributed by atoms with Crippen LogP contribution >= 0.6 is 0 Å². The summed E-state index contributed by atoms with van der Waals surface area (Å²) in [6.07, 6.45) is 3.81. The van der Waals surface area contributed by atoms with Gasteiger partial charge in [0.1, 0.15) is 5.82 Å². The lowest BCUT2D eigenvalue weighted by atomic mass is 10.1. The topological polar surface area (TPSA) is 117 Å². The third-order valence-electron chi connectivity index (χ3n) is 6.37. The number of benzene rings is 1. The molecule has 0 bridgehead atoms. The molecule has 10 nitrogen and oxygen atoms in total. The first-order valence-corrected chi connectivity index (χ1v) is 11.6. The monoisotopic (exact) mass is 511 g/mol. The Kier molecular flexibility index (Phi) is 5.83. The van der Waals surface area contributed by atoms with Crippen LogP contribution in [0.5, 0.6) is 0 Å². The lowest BCUT2D eigenvalue weighted by Gasteiger charge is -2.22. The fourth-order valence-electron chi connectivity index (χ4n) is 4.45. The number of nitrogens with one attached hydrogen (secondary N) is 1. The normalized spacial score (nSPS) is 14.7. The van der Waals surface area contributed by atoms with Crippen molar-refractivity contribution in [2.24, 2.45) is 0 Å². The maximum Gasteiger partial charge on any atom is 0.420 e. The molecule has 6 rings (SSSR count). The molecule has 0 spiro atoms.